The Morgan fingerprint density at radius 1 is 0.833 bits per heavy atom. The summed E-state index contributed by atoms with van der Waals surface area (Å²) in [6.07, 6.45) is 2.13. The van der Waals surface area contributed by atoms with Crippen LogP contribution in [0.25, 0.3) is 5.69 Å². The molecule has 2 amide bonds. The lowest BCUT2D eigenvalue weighted by molar-refractivity contribution is -0.129. The average Bonchev–Trinajstić information content (AvgIpc) is 3.36. The zero-order valence-electron chi connectivity index (χ0n) is 23.5. The summed E-state index contributed by atoms with van der Waals surface area (Å²) in [4.78, 5) is 57.4. The maximum Gasteiger partial charge on any atom is 0.352 e. The van der Waals surface area contributed by atoms with Crippen LogP contribution in [0.4, 0.5) is 5.69 Å². The first kappa shape index (κ1) is 26.0. The Bertz CT molecular complexity index is 1910. The molecule has 4 unspecified atom stereocenters. The number of allylic oxidation sites excluding steroid dienone is 2. The third-order valence-corrected chi connectivity index (χ3v) is 9.41. The lowest BCUT2D eigenvalue weighted by atomic mass is 9.56. The second-order valence-corrected chi connectivity index (χ2v) is 11.7. The van der Waals surface area contributed by atoms with Crippen LogP contribution < -0.4 is 16.3 Å². The van der Waals surface area contributed by atoms with Crippen molar-refractivity contribution in [2.24, 2.45) is 11.3 Å². The van der Waals surface area contributed by atoms with Crippen LogP contribution in [0.1, 0.15) is 42.0 Å². The summed E-state index contributed by atoms with van der Waals surface area (Å²) in [6, 6.07) is 20.8. The molecule has 1 saturated carbocycles. The second kappa shape index (κ2) is 9.04. The molecule has 4 aromatic rings. The molecule has 2 aliphatic heterocycles. The van der Waals surface area contributed by atoms with Crippen molar-refractivity contribution in [2.45, 2.75) is 45.7 Å². The molecule has 212 valence electrons. The lowest BCUT2D eigenvalue weighted by Gasteiger charge is -2.47. The molecule has 0 bridgehead atoms. The number of carbonyl (C=O) groups excluding carboxylic acids is 2. The minimum Gasteiger partial charge on any atom is -0.507 e. The third kappa shape index (κ3) is 3.36. The highest BCUT2D eigenvalue weighted by Gasteiger charge is 2.65. The number of fused-ring (bicyclic) bond motifs is 4. The zero-order chi connectivity index (χ0) is 29.5. The first-order chi connectivity index (χ1) is 20.1. The molecule has 0 spiro atoms. The van der Waals surface area contributed by atoms with Gasteiger partial charge in [0, 0.05) is 5.92 Å². The smallest absolute Gasteiger partial charge is 0.352 e. The van der Waals surface area contributed by atoms with E-state index < -0.39 is 34.7 Å². The van der Waals surface area contributed by atoms with Crippen molar-refractivity contribution in [3.05, 3.63) is 122 Å². The molecular formula is C33H30N4O5. The van der Waals surface area contributed by atoms with Crippen LogP contribution in [0, 0.1) is 25.2 Å². The van der Waals surface area contributed by atoms with E-state index in [-0.39, 0.29) is 30.5 Å². The molecule has 7 rings (SSSR count). The van der Waals surface area contributed by atoms with Crippen molar-refractivity contribution >= 4 is 17.5 Å². The predicted molar refractivity (Wildman–Crippen MR) is 157 cm³/mol. The Kier molecular flexibility index (Phi) is 5.60. The van der Waals surface area contributed by atoms with Crippen molar-refractivity contribution in [1.82, 2.24) is 13.9 Å². The van der Waals surface area contributed by atoms with E-state index in [4.69, 9.17) is 0 Å². The van der Waals surface area contributed by atoms with Gasteiger partial charge in [-0.15, -0.1) is 0 Å². The Balaban J connectivity index is 1.46. The number of phenolic OH excluding ortho intramolecular Hbond substituents is 1. The van der Waals surface area contributed by atoms with Gasteiger partial charge in [0.25, 0.3) is 0 Å². The molecule has 3 aliphatic rings. The number of aryl methyl sites for hydroxylation is 2. The van der Waals surface area contributed by atoms with Crippen molar-refractivity contribution < 1.29 is 14.7 Å². The first-order valence-corrected chi connectivity index (χ1v) is 14.1. The maximum absolute atomic E-state index is 14.4. The maximum atomic E-state index is 14.4. The standard InChI is InChI=1S/C33H30N4O5/c1-19-16-21(17-20(2)28(19)38)27-24-14-15-34-31(41)36(23-12-8-5-9-13-23)32(42)37(34)26(24)18-25-29(39)35(30(40)33(25,27)3)22-10-6-4-7-11-22/h4-14,16-17,25-27,38H,15,18H2,1-3H3. The number of hydrogen-bond acceptors (Lipinski definition) is 5. The number of anilines is 1. The molecule has 3 heterocycles. The van der Waals surface area contributed by atoms with Crippen molar-refractivity contribution in [1.29, 1.82) is 0 Å². The number of aromatic nitrogens is 3. The highest BCUT2D eigenvalue weighted by Crippen LogP contribution is 2.61. The predicted octanol–water partition coefficient (Wildman–Crippen LogP) is 3.99. The number of benzene rings is 3. The molecule has 1 aliphatic carbocycles. The third-order valence-electron chi connectivity index (χ3n) is 9.41. The normalized spacial score (nSPS) is 24.7. The molecule has 42 heavy (non-hydrogen) atoms. The van der Waals surface area contributed by atoms with Gasteiger partial charge in [-0.25, -0.2) is 28.4 Å². The van der Waals surface area contributed by atoms with Gasteiger partial charge in [-0.2, -0.15) is 0 Å². The number of aromatic hydroxyl groups is 1. The van der Waals surface area contributed by atoms with Crippen LogP contribution in [0.3, 0.4) is 0 Å². The van der Waals surface area contributed by atoms with Gasteiger partial charge < -0.3 is 5.11 Å². The number of hydrogen-bond donors (Lipinski definition) is 1. The number of imide groups is 1. The Hall–Kier alpha value is -4.92. The van der Waals surface area contributed by atoms with Crippen molar-refractivity contribution in [2.75, 3.05) is 4.90 Å². The molecule has 3 aromatic carbocycles. The highest BCUT2D eigenvalue weighted by atomic mass is 16.3. The molecular weight excluding hydrogens is 532 g/mol. The van der Waals surface area contributed by atoms with Gasteiger partial charge in [0.1, 0.15) is 5.75 Å². The first-order valence-electron chi connectivity index (χ1n) is 14.1. The van der Waals surface area contributed by atoms with E-state index in [9.17, 15) is 24.3 Å². The van der Waals surface area contributed by atoms with Gasteiger partial charge >= 0.3 is 11.4 Å². The molecule has 1 aromatic heterocycles. The topological polar surface area (TPSA) is 107 Å². The second-order valence-electron chi connectivity index (χ2n) is 11.7. The summed E-state index contributed by atoms with van der Waals surface area (Å²) in [5.41, 5.74) is 1.79. The van der Waals surface area contributed by atoms with Crippen molar-refractivity contribution in [3.63, 3.8) is 0 Å². The summed E-state index contributed by atoms with van der Waals surface area (Å²) in [6.45, 7) is 5.61. The SMILES string of the molecule is Cc1cc(C2C3=CCn4c(=O)n(-c5ccccc5)c(=O)n4C3CC3C(=O)N(c4ccccc4)C(=O)C32C)cc(C)c1O. The van der Waals surface area contributed by atoms with Gasteiger partial charge in [-0.05, 0) is 73.7 Å². The monoisotopic (exact) mass is 562 g/mol. The minimum absolute atomic E-state index is 0.150. The van der Waals surface area contributed by atoms with Crippen LogP contribution in [-0.4, -0.2) is 30.9 Å². The van der Waals surface area contributed by atoms with Crippen LogP contribution in [0.2, 0.25) is 0 Å². The largest absolute Gasteiger partial charge is 0.507 e. The Labute approximate surface area is 241 Å². The quantitative estimate of drug-likeness (QED) is 0.300. The number of carbonyl (C=O) groups is 2. The Morgan fingerprint density at radius 3 is 2.05 bits per heavy atom. The molecule has 9 heteroatoms. The molecule has 1 N–H and O–H groups in total. The summed E-state index contributed by atoms with van der Waals surface area (Å²) in [7, 11) is 0. The number of nitrogens with zero attached hydrogens (tertiary/aromatic N) is 4. The van der Waals surface area contributed by atoms with E-state index in [0.717, 1.165) is 15.7 Å². The summed E-state index contributed by atoms with van der Waals surface area (Å²) < 4.78 is 4.05. The number of phenols is 1. The number of rotatable bonds is 3. The fourth-order valence-corrected chi connectivity index (χ4v) is 7.43. The van der Waals surface area contributed by atoms with Gasteiger partial charge in [-0.3, -0.25) is 9.59 Å². The van der Waals surface area contributed by atoms with E-state index in [0.29, 0.717) is 22.5 Å². The van der Waals surface area contributed by atoms with Crippen LogP contribution in [0.15, 0.2) is 94.0 Å². The van der Waals surface area contributed by atoms with E-state index in [2.05, 4.69) is 0 Å². The summed E-state index contributed by atoms with van der Waals surface area (Å²) >= 11 is 0. The fourth-order valence-electron chi connectivity index (χ4n) is 7.43. The fraction of sp³-hybridized carbons (Fsp3) is 0.273. The molecule has 2 fully saturated rings. The number of amides is 2. The molecule has 1 saturated heterocycles. The minimum atomic E-state index is -1.15. The van der Waals surface area contributed by atoms with Gasteiger partial charge in [0.15, 0.2) is 0 Å². The van der Waals surface area contributed by atoms with E-state index in [1.807, 2.05) is 37.3 Å². The van der Waals surface area contributed by atoms with E-state index >= 15 is 0 Å². The van der Waals surface area contributed by atoms with E-state index in [1.165, 1.54) is 14.3 Å². The molecule has 9 nitrogen and oxygen atoms in total. The van der Waals surface area contributed by atoms with Gasteiger partial charge in [-0.1, -0.05) is 54.6 Å². The average molecular weight is 563 g/mol. The summed E-state index contributed by atoms with van der Waals surface area (Å²) in [5, 5.41) is 10.6. The van der Waals surface area contributed by atoms with Gasteiger partial charge in [0.05, 0.1) is 35.3 Å². The summed E-state index contributed by atoms with van der Waals surface area (Å²) in [5.74, 6) is -1.76. The Morgan fingerprint density at radius 2 is 1.43 bits per heavy atom. The molecule has 4 atom stereocenters. The van der Waals surface area contributed by atoms with E-state index in [1.54, 1.807) is 62.4 Å². The van der Waals surface area contributed by atoms with Crippen LogP contribution >= 0.6 is 0 Å². The zero-order valence-corrected chi connectivity index (χ0v) is 23.5. The molecule has 0 radical (unpaired) electrons. The lowest BCUT2D eigenvalue weighted by Crippen LogP contribution is -2.49. The number of para-hydroxylation sites is 2. The van der Waals surface area contributed by atoms with Crippen LogP contribution in [-0.2, 0) is 16.1 Å². The van der Waals surface area contributed by atoms with Crippen LogP contribution in [0.5, 0.6) is 5.75 Å². The highest BCUT2D eigenvalue weighted by molar-refractivity contribution is 6.24. The van der Waals surface area contributed by atoms with Gasteiger partial charge in [0.2, 0.25) is 11.8 Å². The van der Waals surface area contributed by atoms with Crippen molar-refractivity contribution in [3.8, 4) is 11.4 Å².